The van der Waals surface area contributed by atoms with Gasteiger partial charge in [0.15, 0.2) is 6.61 Å². The van der Waals surface area contributed by atoms with Gasteiger partial charge in [0.25, 0.3) is 0 Å². The van der Waals surface area contributed by atoms with Crippen LogP contribution in [0.4, 0.5) is 0 Å². The second-order valence-electron chi connectivity index (χ2n) is 3.09. The van der Waals surface area contributed by atoms with E-state index >= 15 is 0 Å². The number of halogens is 1. The Kier molecular flexibility index (Phi) is 5.07. The van der Waals surface area contributed by atoms with Crippen LogP contribution in [0.3, 0.4) is 0 Å². The van der Waals surface area contributed by atoms with E-state index in [9.17, 15) is 14.4 Å². The number of ether oxygens (including phenoxy) is 2. The van der Waals surface area contributed by atoms with E-state index < -0.39 is 36.0 Å². The van der Waals surface area contributed by atoms with Crippen molar-refractivity contribution in [1.82, 2.24) is 0 Å². The van der Waals surface area contributed by atoms with Gasteiger partial charge in [-0.25, -0.2) is 9.59 Å². The van der Waals surface area contributed by atoms with Gasteiger partial charge in [-0.2, -0.15) is 0 Å². The van der Waals surface area contributed by atoms with Crippen molar-refractivity contribution in [2.75, 3.05) is 12.5 Å². The maximum Gasteiger partial charge on any atom is 0.350 e. The van der Waals surface area contributed by atoms with Gasteiger partial charge >= 0.3 is 17.9 Å². The Bertz CT molecular complexity index is 272. The van der Waals surface area contributed by atoms with Gasteiger partial charge in [0.2, 0.25) is 5.60 Å². The van der Waals surface area contributed by atoms with Crippen LogP contribution in [-0.4, -0.2) is 41.1 Å². The molecule has 0 spiro atoms. The summed E-state index contributed by atoms with van der Waals surface area (Å²) >= 11 is 5.17. The van der Waals surface area contributed by atoms with Crippen LogP contribution in [-0.2, 0) is 23.9 Å². The quantitative estimate of drug-likeness (QED) is 0.543. The highest BCUT2D eigenvalue weighted by Crippen LogP contribution is 2.12. The Hall–Kier alpha value is -1.30. The zero-order valence-corrected chi connectivity index (χ0v) is 9.04. The number of carbonyl (C=O) groups excluding carboxylic acids is 2. The molecule has 1 N–H and O–H groups in total. The molecule has 0 saturated carbocycles. The molecule has 0 unspecified atom stereocenters. The first kappa shape index (κ1) is 13.7. The number of hydrogen-bond donors (Lipinski definition) is 1. The fraction of sp³-hybridized carbons (Fsp3) is 0.625. The van der Waals surface area contributed by atoms with E-state index in [1.54, 1.807) is 0 Å². The minimum atomic E-state index is -1.54. The maximum absolute atomic E-state index is 11.2. The van der Waals surface area contributed by atoms with Gasteiger partial charge in [0, 0.05) is 0 Å². The molecule has 6 nitrogen and oxygen atoms in total. The molecule has 7 heteroatoms. The molecule has 0 atom stereocenters. The number of carboxylic acid groups (broad SMARTS) is 1. The van der Waals surface area contributed by atoms with Gasteiger partial charge in [0.1, 0.15) is 5.88 Å². The van der Waals surface area contributed by atoms with Gasteiger partial charge < -0.3 is 14.6 Å². The number of rotatable bonds is 5. The van der Waals surface area contributed by atoms with Crippen LogP contribution in [0.15, 0.2) is 0 Å². The van der Waals surface area contributed by atoms with E-state index in [0.717, 1.165) is 0 Å². The molecular weight excluding hydrogens is 228 g/mol. The van der Waals surface area contributed by atoms with Crippen molar-refractivity contribution < 1.29 is 29.0 Å². The molecule has 0 fully saturated rings. The highest BCUT2D eigenvalue weighted by atomic mass is 35.5. The van der Waals surface area contributed by atoms with Crippen molar-refractivity contribution in [2.45, 2.75) is 19.4 Å². The maximum atomic E-state index is 11.2. The summed E-state index contributed by atoms with van der Waals surface area (Å²) < 4.78 is 9.00. The Morgan fingerprint density at radius 2 is 1.87 bits per heavy atom. The highest BCUT2D eigenvalue weighted by molar-refractivity contribution is 6.26. The topological polar surface area (TPSA) is 89.9 Å². The van der Waals surface area contributed by atoms with Crippen molar-refractivity contribution >= 4 is 29.5 Å². The van der Waals surface area contributed by atoms with Crippen molar-refractivity contribution in [1.29, 1.82) is 0 Å². The van der Waals surface area contributed by atoms with Crippen LogP contribution < -0.4 is 0 Å². The summed E-state index contributed by atoms with van der Waals surface area (Å²) in [5.74, 6) is -3.41. The molecule has 0 aliphatic carbocycles. The third-order valence-corrected chi connectivity index (χ3v) is 1.51. The largest absolute Gasteiger partial charge is 0.479 e. The molecule has 0 aromatic heterocycles. The standard InChI is InChI=1S/C8H11ClO6/c1-8(2,15-6(12)3-9)7(13)14-4-5(10)11/h3-4H2,1-2H3,(H,10,11). The molecule has 0 heterocycles. The Balaban J connectivity index is 4.25. The zero-order valence-electron chi connectivity index (χ0n) is 8.28. The second-order valence-corrected chi connectivity index (χ2v) is 3.36. The number of carbonyl (C=O) groups is 3. The fourth-order valence-electron chi connectivity index (χ4n) is 0.655. The summed E-state index contributed by atoms with van der Waals surface area (Å²) in [4.78, 5) is 32.1. The molecule has 0 bridgehead atoms. The summed E-state index contributed by atoms with van der Waals surface area (Å²) in [6.07, 6.45) is 0. The first-order valence-electron chi connectivity index (χ1n) is 3.96. The third-order valence-electron chi connectivity index (χ3n) is 1.30. The van der Waals surface area contributed by atoms with E-state index in [4.69, 9.17) is 16.7 Å². The monoisotopic (exact) mass is 238 g/mol. The molecule has 0 aromatic rings. The van der Waals surface area contributed by atoms with Crippen LogP contribution >= 0.6 is 11.6 Å². The summed E-state index contributed by atoms with van der Waals surface area (Å²) in [5.41, 5.74) is -1.54. The summed E-state index contributed by atoms with van der Waals surface area (Å²) in [6.45, 7) is 1.78. The van der Waals surface area contributed by atoms with Crippen molar-refractivity contribution in [2.24, 2.45) is 0 Å². The van der Waals surface area contributed by atoms with Gasteiger partial charge in [-0.15, -0.1) is 11.6 Å². The molecule has 0 amide bonds. The average Bonchev–Trinajstić information content (AvgIpc) is 2.13. The number of alkyl halides is 1. The second kappa shape index (κ2) is 5.55. The van der Waals surface area contributed by atoms with E-state index in [1.807, 2.05) is 0 Å². The summed E-state index contributed by atoms with van der Waals surface area (Å²) in [5, 5.41) is 8.25. The van der Waals surface area contributed by atoms with E-state index in [0.29, 0.717) is 0 Å². The molecule has 15 heavy (non-hydrogen) atoms. The Morgan fingerprint density at radius 1 is 1.33 bits per heavy atom. The van der Waals surface area contributed by atoms with Gasteiger partial charge in [0.05, 0.1) is 0 Å². The van der Waals surface area contributed by atoms with Crippen LogP contribution in [0.2, 0.25) is 0 Å². The smallest absolute Gasteiger partial charge is 0.350 e. The molecule has 0 aromatic carbocycles. The molecule has 0 aliphatic rings. The molecule has 0 radical (unpaired) electrons. The van der Waals surface area contributed by atoms with E-state index in [2.05, 4.69) is 9.47 Å². The van der Waals surface area contributed by atoms with Crippen molar-refractivity contribution in [3.05, 3.63) is 0 Å². The average molecular weight is 239 g/mol. The molecule has 86 valence electrons. The van der Waals surface area contributed by atoms with Crippen LogP contribution in [0.1, 0.15) is 13.8 Å². The molecular formula is C8H11ClO6. The lowest BCUT2D eigenvalue weighted by Crippen LogP contribution is -2.39. The lowest BCUT2D eigenvalue weighted by atomic mass is 10.1. The van der Waals surface area contributed by atoms with Crippen LogP contribution in [0.25, 0.3) is 0 Å². The lowest BCUT2D eigenvalue weighted by molar-refractivity contribution is -0.179. The predicted molar refractivity (Wildman–Crippen MR) is 49.5 cm³/mol. The minimum Gasteiger partial charge on any atom is -0.479 e. The van der Waals surface area contributed by atoms with Gasteiger partial charge in [-0.05, 0) is 13.8 Å². The predicted octanol–water partition coefficient (Wildman–Crippen LogP) is 0.175. The van der Waals surface area contributed by atoms with Crippen molar-refractivity contribution in [3.8, 4) is 0 Å². The van der Waals surface area contributed by atoms with Gasteiger partial charge in [-0.3, -0.25) is 4.79 Å². The van der Waals surface area contributed by atoms with E-state index in [-0.39, 0.29) is 0 Å². The first-order chi connectivity index (χ1) is 6.79. The number of carboxylic acids is 1. The van der Waals surface area contributed by atoms with E-state index in [1.165, 1.54) is 13.8 Å². The van der Waals surface area contributed by atoms with Crippen LogP contribution in [0.5, 0.6) is 0 Å². The van der Waals surface area contributed by atoms with Gasteiger partial charge in [-0.1, -0.05) is 0 Å². The fourth-order valence-corrected chi connectivity index (χ4v) is 0.709. The Labute approximate surface area is 91.1 Å². The highest BCUT2D eigenvalue weighted by Gasteiger charge is 2.33. The third kappa shape index (κ3) is 5.21. The van der Waals surface area contributed by atoms with Crippen molar-refractivity contribution in [3.63, 3.8) is 0 Å². The molecule has 0 rings (SSSR count). The lowest BCUT2D eigenvalue weighted by Gasteiger charge is -2.21. The number of hydrogen-bond acceptors (Lipinski definition) is 5. The zero-order chi connectivity index (χ0) is 12.1. The minimum absolute atomic E-state index is 0.393. The molecule has 0 saturated heterocycles. The molecule has 0 aliphatic heterocycles. The number of esters is 2. The normalized spacial score (nSPS) is 10.6. The first-order valence-corrected chi connectivity index (χ1v) is 4.50. The van der Waals surface area contributed by atoms with Crippen LogP contribution in [0, 0.1) is 0 Å². The Morgan fingerprint density at radius 3 is 2.27 bits per heavy atom. The SMILES string of the molecule is CC(C)(OC(=O)CCl)C(=O)OCC(=O)O. The number of aliphatic carboxylic acids is 1. The summed E-state index contributed by atoms with van der Waals surface area (Å²) in [6, 6.07) is 0. The summed E-state index contributed by atoms with van der Waals surface area (Å²) in [7, 11) is 0.